The first kappa shape index (κ1) is 14.4. The van der Waals surface area contributed by atoms with Gasteiger partial charge in [-0.3, -0.25) is 4.79 Å². The fourth-order valence-electron chi connectivity index (χ4n) is 2.88. The minimum absolute atomic E-state index is 0.172. The van der Waals surface area contributed by atoms with Gasteiger partial charge in [-0.1, -0.05) is 0 Å². The molecule has 3 nitrogen and oxygen atoms in total. The lowest BCUT2D eigenvalue weighted by molar-refractivity contribution is 0.0607. The van der Waals surface area contributed by atoms with Gasteiger partial charge in [0.2, 0.25) is 0 Å². The van der Waals surface area contributed by atoms with Crippen LogP contribution in [0.2, 0.25) is 0 Å². The van der Waals surface area contributed by atoms with Gasteiger partial charge in [0.15, 0.2) is 11.6 Å². The number of likely N-dealkylation sites (tertiary alicyclic amines) is 1. The lowest BCUT2D eigenvalue weighted by Crippen LogP contribution is -2.50. The lowest BCUT2D eigenvalue weighted by atomic mass is 10.1. The number of hydrogen-bond acceptors (Lipinski definition) is 2. The summed E-state index contributed by atoms with van der Waals surface area (Å²) in [6, 6.07) is 3.52. The first-order chi connectivity index (χ1) is 10.1. The van der Waals surface area contributed by atoms with E-state index in [1.54, 1.807) is 11.9 Å². The third-order valence-electron chi connectivity index (χ3n) is 4.54. The van der Waals surface area contributed by atoms with E-state index in [0.717, 1.165) is 44.6 Å². The highest BCUT2D eigenvalue weighted by molar-refractivity contribution is 5.94. The van der Waals surface area contributed by atoms with Crippen molar-refractivity contribution < 1.29 is 13.6 Å². The van der Waals surface area contributed by atoms with Gasteiger partial charge in [-0.15, -0.1) is 0 Å². The maximum atomic E-state index is 13.3. The van der Waals surface area contributed by atoms with Crippen LogP contribution in [0.3, 0.4) is 0 Å². The molecule has 0 radical (unpaired) electrons. The zero-order valence-corrected chi connectivity index (χ0v) is 12.2. The third-order valence-corrected chi connectivity index (χ3v) is 4.54. The highest BCUT2D eigenvalue weighted by Crippen LogP contribution is 2.36. The molecule has 1 aromatic carbocycles. The molecular formula is C16H20F2N2O. The van der Waals surface area contributed by atoms with Gasteiger partial charge in [0.05, 0.1) is 0 Å². The molecule has 2 aliphatic rings. The Labute approximate surface area is 123 Å². The number of hydrogen-bond donors (Lipinski definition) is 0. The summed E-state index contributed by atoms with van der Waals surface area (Å²) < 4.78 is 26.3. The van der Waals surface area contributed by atoms with Gasteiger partial charge in [-0.2, -0.15) is 0 Å². The van der Waals surface area contributed by atoms with Crippen molar-refractivity contribution in [1.29, 1.82) is 0 Å². The number of halogens is 2. The molecule has 0 N–H and O–H groups in total. The summed E-state index contributed by atoms with van der Waals surface area (Å²) in [7, 11) is 1.77. The van der Waals surface area contributed by atoms with Crippen LogP contribution in [0.1, 0.15) is 29.6 Å². The molecule has 0 aromatic heterocycles. The third kappa shape index (κ3) is 3.07. The minimum Gasteiger partial charge on any atom is -0.337 e. The fourth-order valence-corrected chi connectivity index (χ4v) is 2.88. The maximum absolute atomic E-state index is 13.3. The van der Waals surface area contributed by atoms with E-state index in [0.29, 0.717) is 5.92 Å². The summed E-state index contributed by atoms with van der Waals surface area (Å²) in [6.07, 6.45) is 3.51. The van der Waals surface area contributed by atoms with Crippen molar-refractivity contribution in [2.45, 2.75) is 25.3 Å². The second-order valence-electron chi connectivity index (χ2n) is 6.10. The molecule has 1 unspecified atom stereocenters. The minimum atomic E-state index is -0.972. The van der Waals surface area contributed by atoms with Crippen molar-refractivity contribution in [3.8, 4) is 0 Å². The smallest absolute Gasteiger partial charge is 0.254 e. The predicted octanol–water partition coefficient (Wildman–Crippen LogP) is 2.52. The normalized spacial score (nSPS) is 20.0. The SMILES string of the molecule is CN(C(=O)c1ccc(F)c(F)c1)C(CN1CCC1)C1CC1. The molecule has 5 heteroatoms. The van der Waals surface area contributed by atoms with Gasteiger partial charge in [-0.25, -0.2) is 8.78 Å². The van der Waals surface area contributed by atoms with E-state index in [1.165, 1.54) is 12.5 Å². The van der Waals surface area contributed by atoms with Crippen LogP contribution in [0.4, 0.5) is 8.78 Å². The Morgan fingerprint density at radius 2 is 2.05 bits per heavy atom. The van der Waals surface area contributed by atoms with E-state index in [1.807, 2.05) is 0 Å². The highest BCUT2D eigenvalue weighted by Gasteiger charge is 2.37. The molecule has 1 saturated carbocycles. The molecule has 0 spiro atoms. The van der Waals surface area contributed by atoms with Crippen LogP contribution in [-0.4, -0.2) is 48.4 Å². The summed E-state index contributed by atoms with van der Waals surface area (Å²) in [4.78, 5) is 16.5. The molecule has 114 valence electrons. The Morgan fingerprint density at radius 3 is 2.57 bits per heavy atom. The van der Waals surface area contributed by atoms with Gasteiger partial charge in [0.1, 0.15) is 0 Å². The molecule has 0 bridgehead atoms. The average molecular weight is 294 g/mol. The van der Waals surface area contributed by atoms with Crippen LogP contribution in [0.5, 0.6) is 0 Å². The Balaban J connectivity index is 1.72. The number of carbonyl (C=O) groups is 1. The molecule has 3 rings (SSSR count). The standard InChI is InChI=1S/C16H20F2N2O/c1-19(15(11-3-4-11)10-20-7-2-8-20)16(21)12-5-6-13(17)14(18)9-12/h5-6,9,11,15H,2-4,7-8,10H2,1H3. The van der Waals surface area contributed by atoms with Crippen LogP contribution in [0.25, 0.3) is 0 Å². The molecule has 1 aliphatic heterocycles. The van der Waals surface area contributed by atoms with Crippen molar-refractivity contribution in [1.82, 2.24) is 9.80 Å². The quantitative estimate of drug-likeness (QED) is 0.833. The van der Waals surface area contributed by atoms with Crippen LogP contribution in [0, 0.1) is 17.6 Å². The maximum Gasteiger partial charge on any atom is 0.254 e. The first-order valence-electron chi connectivity index (χ1n) is 7.51. The van der Waals surface area contributed by atoms with Gasteiger partial charge in [0.25, 0.3) is 5.91 Å². The molecule has 2 fully saturated rings. The average Bonchev–Trinajstić information content (AvgIpc) is 3.24. The largest absolute Gasteiger partial charge is 0.337 e. The molecule has 1 aromatic rings. The summed E-state index contributed by atoms with van der Waals surface area (Å²) in [5, 5.41) is 0. The molecule has 21 heavy (non-hydrogen) atoms. The second kappa shape index (κ2) is 5.72. The zero-order valence-electron chi connectivity index (χ0n) is 12.2. The molecule has 1 aliphatic carbocycles. The zero-order chi connectivity index (χ0) is 15.0. The Hall–Kier alpha value is -1.49. The summed E-state index contributed by atoms with van der Waals surface area (Å²) in [5.74, 6) is -1.58. The fraction of sp³-hybridized carbons (Fsp3) is 0.562. The molecular weight excluding hydrogens is 274 g/mol. The van der Waals surface area contributed by atoms with Gasteiger partial charge in [0, 0.05) is 25.2 Å². The molecule has 1 saturated heterocycles. The van der Waals surface area contributed by atoms with E-state index in [9.17, 15) is 13.6 Å². The van der Waals surface area contributed by atoms with Crippen LogP contribution in [-0.2, 0) is 0 Å². The monoisotopic (exact) mass is 294 g/mol. The Morgan fingerprint density at radius 1 is 1.33 bits per heavy atom. The van der Waals surface area contributed by atoms with Gasteiger partial charge >= 0.3 is 0 Å². The Bertz CT molecular complexity index is 541. The number of nitrogens with zero attached hydrogens (tertiary/aromatic N) is 2. The summed E-state index contributed by atoms with van der Waals surface area (Å²) in [5.41, 5.74) is 0.214. The topological polar surface area (TPSA) is 23.6 Å². The predicted molar refractivity (Wildman–Crippen MR) is 76.0 cm³/mol. The van der Waals surface area contributed by atoms with Crippen molar-refractivity contribution in [2.24, 2.45) is 5.92 Å². The lowest BCUT2D eigenvalue weighted by Gasteiger charge is -2.38. The van der Waals surface area contributed by atoms with Crippen molar-refractivity contribution in [3.63, 3.8) is 0 Å². The highest BCUT2D eigenvalue weighted by atomic mass is 19.2. The van der Waals surface area contributed by atoms with Gasteiger partial charge in [-0.05, 0) is 56.5 Å². The van der Waals surface area contributed by atoms with Crippen molar-refractivity contribution in [3.05, 3.63) is 35.4 Å². The van der Waals surface area contributed by atoms with E-state index in [-0.39, 0.29) is 17.5 Å². The second-order valence-corrected chi connectivity index (χ2v) is 6.10. The molecule has 1 heterocycles. The van der Waals surface area contributed by atoms with Crippen LogP contribution in [0.15, 0.2) is 18.2 Å². The summed E-state index contributed by atoms with van der Waals surface area (Å²) in [6.45, 7) is 3.07. The van der Waals surface area contributed by atoms with Crippen molar-refractivity contribution in [2.75, 3.05) is 26.7 Å². The van der Waals surface area contributed by atoms with Gasteiger partial charge < -0.3 is 9.80 Å². The van der Waals surface area contributed by atoms with Crippen LogP contribution < -0.4 is 0 Å². The van der Waals surface area contributed by atoms with Crippen LogP contribution >= 0.6 is 0 Å². The van der Waals surface area contributed by atoms with E-state index >= 15 is 0 Å². The summed E-state index contributed by atoms with van der Waals surface area (Å²) >= 11 is 0. The van der Waals surface area contributed by atoms with E-state index in [2.05, 4.69) is 4.90 Å². The number of carbonyl (C=O) groups excluding carboxylic acids is 1. The molecule has 1 amide bonds. The Kier molecular flexibility index (Phi) is 3.93. The number of likely N-dealkylation sites (N-methyl/N-ethyl adjacent to an activating group) is 1. The van der Waals surface area contributed by atoms with Crippen molar-refractivity contribution >= 4 is 5.91 Å². The number of amides is 1. The van der Waals surface area contributed by atoms with E-state index < -0.39 is 11.6 Å². The number of benzene rings is 1. The first-order valence-corrected chi connectivity index (χ1v) is 7.51. The van der Waals surface area contributed by atoms with E-state index in [4.69, 9.17) is 0 Å². The molecule has 1 atom stereocenters. The number of rotatable bonds is 5.